The summed E-state index contributed by atoms with van der Waals surface area (Å²) >= 11 is 0. The predicted molar refractivity (Wildman–Crippen MR) is 89.5 cm³/mol. The molecule has 3 aliphatic rings. The van der Waals surface area contributed by atoms with Gasteiger partial charge in [0.1, 0.15) is 0 Å². The van der Waals surface area contributed by atoms with Crippen molar-refractivity contribution in [1.82, 2.24) is 10.2 Å². The minimum Gasteiger partial charge on any atom is -0.478 e. The van der Waals surface area contributed by atoms with Crippen LogP contribution in [0.5, 0.6) is 0 Å². The number of carbonyl (C=O) groups is 1. The Labute approximate surface area is 137 Å². The highest BCUT2D eigenvalue weighted by Gasteiger charge is 2.46. The van der Waals surface area contributed by atoms with Gasteiger partial charge in [-0.1, -0.05) is 12.1 Å². The minimum atomic E-state index is -0.851. The van der Waals surface area contributed by atoms with Gasteiger partial charge in [-0.3, -0.25) is 4.90 Å². The van der Waals surface area contributed by atoms with Crippen molar-refractivity contribution >= 4 is 5.97 Å². The van der Waals surface area contributed by atoms with E-state index in [4.69, 9.17) is 5.11 Å². The van der Waals surface area contributed by atoms with Gasteiger partial charge in [-0.05, 0) is 74.7 Å². The SMILES string of the molecule is O=C(O)c1ccc(CN2CCC3(CC2)CC(NC2CC2)C3)cc1. The molecule has 0 unspecified atom stereocenters. The lowest BCUT2D eigenvalue weighted by Gasteiger charge is -2.52. The van der Waals surface area contributed by atoms with E-state index >= 15 is 0 Å². The number of aromatic carboxylic acids is 1. The molecule has 4 nitrogen and oxygen atoms in total. The van der Waals surface area contributed by atoms with Crippen molar-refractivity contribution in [1.29, 1.82) is 0 Å². The number of hydrogen-bond donors (Lipinski definition) is 2. The van der Waals surface area contributed by atoms with Crippen LogP contribution in [0.3, 0.4) is 0 Å². The summed E-state index contributed by atoms with van der Waals surface area (Å²) in [4.78, 5) is 13.4. The highest BCUT2D eigenvalue weighted by atomic mass is 16.4. The van der Waals surface area contributed by atoms with Crippen LogP contribution >= 0.6 is 0 Å². The first kappa shape index (κ1) is 15.2. The fraction of sp³-hybridized carbons (Fsp3) is 0.632. The van der Waals surface area contributed by atoms with Gasteiger partial charge >= 0.3 is 5.97 Å². The van der Waals surface area contributed by atoms with Gasteiger partial charge in [0.2, 0.25) is 0 Å². The Kier molecular flexibility index (Phi) is 3.90. The Morgan fingerprint density at radius 1 is 1.13 bits per heavy atom. The van der Waals surface area contributed by atoms with E-state index < -0.39 is 5.97 Å². The molecule has 1 aromatic carbocycles. The van der Waals surface area contributed by atoms with Crippen LogP contribution in [0.1, 0.15) is 54.4 Å². The van der Waals surface area contributed by atoms with Gasteiger partial charge < -0.3 is 10.4 Å². The third-order valence-electron chi connectivity index (χ3n) is 5.93. The number of nitrogens with zero attached hydrogens (tertiary/aromatic N) is 1. The summed E-state index contributed by atoms with van der Waals surface area (Å²) in [7, 11) is 0. The van der Waals surface area contributed by atoms with E-state index in [2.05, 4.69) is 10.2 Å². The summed E-state index contributed by atoms with van der Waals surface area (Å²) in [5.41, 5.74) is 2.21. The molecule has 0 atom stereocenters. The van der Waals surface area contributed by atoms with E-state index in [1.807, 2.05) is 12.1 Å². The number of hydrogen-bond acceptors (Lipinski definition) is 3. The highest BCUT2D eigenvalue weighted by Crippen LogP contribution is 2.49. The molecule has 2 aliphatic carbocycles. The Bertz CT molecular complexity index is 564. The summed E-state index contributed by atoms with van der Waals surface area (Å²) < 4.78 is 0. The van der Waals surface area contributed by atoms with Crippen LogP contribution in [0.2, 0.25) is 0 Å². The fourth-order valence-electron chi connectivity index (χ4n) is 4.29. The summed E-state index contributed by atoms with van der Waals surface area (Å²) in [6.07, 6.45) is 8.18. The Balaban J connectivity index is 1.24. The lowest BCUT2D eigenvalue weighted by molar-refractivity contribution is 0.00324. The van der Waals surface area contributed by atoms with Crippen LogP contribution in [-0.4, -0.2) is 41.1 Å². The first-order chi connectivity index (χ1) is 11.1. The van der Waals surface area contributed by atoms with Crippen molar-refractivity contribution in [2.24, 2.45) is 5.41 Å². The summed E-state index contributed by atoms with van der Waals surface area (Å²) in [5, 5.41) is 12.7. The molecule has 1 heterocycles. The van der Waals surface area contributed by atoms with Crippen LogP contribution in [-0.2, 0) is 6.54 Å². The van der Waals surface area contributed by atoms with Crippen molar-refractivity contribution in [3.63, 3.8) is 0 Å². The van der Waals surface area contributed by atoms with Gasteiger partial charge in [0.05, 0.1) is 5.56 Å². The van der Waals surface area contributed by atoms with E-state index in [9.17, 15) is 4.79 Å². The maximum atomic E-state index is 10.9. The summed E-state index contributed by atoms with van der Waals surface area (Å²) in [6.45, 7) is 3.30. The topological polar surface area (TPSA) is 52.6 Å². The summed E-state index contributed by atoms with van der Waals surface area (Å²) in [5.74, 6) is -0.851. The summed E-state index contributed by atoms with van der Waals surface area (Å²) in [6, 6.07) is 8.95. The fourth-order valence-corrected chi connectivity index (χ4v) is 4.29. The molecular weight excluding hydrogens is 288 g/mol. The van der Waals surface area contributed by atoms with Crippen molar-refractivity contribution in [2.75, 3.05) is 13.1 Å². The average molecular weight is 314 g/mol. The van der Waals surface area contributed by atoms with Crippen LogP contribution in [0, 0.1) is 5.41 Å². The quantitative estimate of drug-likeness (QED) is 0.877. The molecular formula is C19H26N2O2. The van der Waals surface area contributed by atoms with E-state index in [0.717, 1.165) is 18.6 Å². The first-order valence-electron chi connectivity index (χ1n) is 8.93. The second-order valence-corrected chi connectivity index (χ2v) is 7.82. The molecule has 1 aromatic rings. The number of nitrogens with one attached hydrogen (secondary N) is 1. The second-order valence-electron chi connectivity index (χ2n) is 7.82. The standard InChI is InChI=1S/C19H26N2O2/c22-18(23)15-3-1-14(2-4-15)13-21-9-7-19(8-10-21)11-17(12-19)20-16-5-6-16/h1-4,16-17,20H,5-13H2,(H,22,23). The van der Waals surface area contributed by atoms with Crippen molar-refractivity contribution in [3.8, 4) is 0 Å². The molecule has 23 heavy (non-hydrogen) atoms. The molecule has 0 aromatic heterocycles. The number of benzene rings is 1. The number of piperidine rings is 1. The minimum absolute atomic E-state index is 0.370. The molecule has 0 bridgehead atoms. The van der Waals surface area contributed by atoms with Gasteiger partial charge in [0, 0.05) is 18.6 Å². The maximum absolute atomic E-state index is 10.9. The molecule has 4 heteroatoms. The Morgan fingerprint density at radius 2 is 1.78 bits per heavy atom. The molecule has 3 fully saturated rings. The van der Waals surface area contributed by atoms with E-state index in [-0.39, 0.29) is 0 Å². The van der Waals surface area contributed by atoms with Crippen LogP contribution in [0.25, 0.3) is 0 Å². The zero-order valence-electron chi connectivity index (χ0n) is 13.6. The largest absolute Gasteiger partial charge is 0.478 e. The molecule has 0 amide bonds. The van der Waals surface area contributed by atoms with E-state index in [1.165, 1.54) is 57.2 Å². The molecule has 1 aliphatic heterocycles. The number of carboxylic acid groups (broad SMARTS) is 1. The van der Waals surface area contributed by atoms with Crippen LogP contribution < -0.4 is 5.32 Å². The molecule has 0 radical (unpaired) electrons. The van der Waals surface area contributed by atoms with Crippen LogP contribution in [0.4, 0.5) is 0 Å². The molecule has 1 saturated heterocycles. The predicted octanol–water partition coefficient (Wildman–Crippen LogP) is 2.88. The first-order valence-corrected chi connectivity index (χ1v) is 8.93. The van der Waals surface area contributed by atoms with Gasteiger partial charge in [-0.25, -0.2) is 4.79 Å². The lowest BCUT2D eigenvalue weighted by Crippen LogP contribution is -2.54. The average Bonchev–Trinajstić information content (AvgIpc) is 3.32. The Hall–Kier alpha value is -1.39. The monoisotopic (exact) mass is 314 g/mol. The normalized spacial score (nSPS) is 24.5. The van der Waals surface area contributed by atoms with Gasteiger partial charge in [0.15, 0.2) is 0 Å². The zero-order valence-corrected chi connectivity index (χ0v) is 13.6. The molecule has 124 valence electrons. The van der Waals surface area contributed by atoms with Crippen molar-refractivity contribution in [2.45, 2.75) is 57.2 Å². The third-order valence-corrected chi connectivity index (χ3v) is 5.93. The molecule has 1 spiro atoms. The maximum Gasteiger partial charge on any atom is 0.335 e. The second kappa shape index (κ2) is 5.91. The Morgan fingerprint density at radius 3 is 2.35 bits per heavy atom. The van der Waals surface area contributed by atoms with Crippen LogP contribution in [0.15, 0.2) is 24.3 Å². The number of carboxylic acids is 1. The number of likely N-dealkylation sites (tertiary alicyclic amines) is 1. The van der Waals surface area contributed by atoms with Gasteiger partial charge in [-0.15, -0.1) is 0 Å². The van der Waals surface area contributed by atoms with E-state index in [0.29, 0.717) is 11.0 Å². The lowest BCUT2D eigenvalue weighted by atomic mass is 9.60. The van der Waals surface area contributed by atoms with E-state index in [1.54, 1.807) is 12.1 Å². The smallest absolute Gasteiger partial charge is 0.335 e. The van der Waals surface area contributed by atoms with Crippen molar-refractivity contribution < 1.29 is 9.90 Å². The number of rotatable bonds is 5. The molecule has 4 rings (SSSR count). The molecule has 2 N–H and O–H groups in total. The zero-order chi connectivity index (χ0) is 15.9. The third kappa shape index (κ3) is 3.43. The highest BCUT2D eigenvalue weighted by molar-refractivity contribution is 5.87. The van der Waals surface area contributed by atoms with Crippen molar-refractivity contribution in [3.05, 3.63) is 35.4 Å². The molecule has 2 saturated carbocycles. The van der Waals surface area contributed by atoms with Gasteiger partial charge in [-0.2, -0.15) is 0 Å². The van der Waals surface area contributed by atoms with Gasteiger partial charge in [0.25, 0.3) is 0 Å².